The first kappa shape index (κ1) is 14.7. The van der Waals surface area contributed by atoms with Crippen LogP contribution in [0.25, 0.3) is 0 Å². The molecule has 0 spiro atoms. The predicted molar refractivity (Wildman–Crippen MR) is 91.9 cm³/mol. The highest BCUT2D eigenvalue weighted by molar-refractivity contribution is 14.1. The van der Waals surface area contributed by atoms with Gasteiger partial charge in [-0.25, -0.2) is 4.39 Å². The van der Waals surface area contributed by atoms with E-state index in [0.29, 0.717) is 10.2 Å². The summed E-state index contributed by atoms with van der Waals surface area (Å²) >= 11 is 3.79. The third-order valence-electron chi connectivity index (χ3n) is 4.14. The number of ketones is 1. The zero-order chi connectivity index (χ0) is 15.3. The van der Waals surface area contributed by atoms with Crippen LogP contribution in [0.3, 0.4) is 0 Å². The van der Waals surface area contributed by atoms with Gasteiger partial charge in [0.05, 0.1) is 6.61 Å². The molecule has 3 aliphatic heterocycles. The van der Waals surface area contributed by atoms with Gasteiger partial charge < -0.3 is 10.1 Å². The summed E-state index contributed by atoms with van der Waals surface area (Å²) in [5.41, 5.74) is 3.84. The lowest BCUT2D eigenvalue weighted by Crippen LogP contribution is -2.35. The molecule has 0 fully saturated rings. The van der Waals surface area contributed by atoms with E-state index in [9.17, 15) is 9.18 Å². The molecule has 1 aromatic rings. The van der Waals surface area contributed by atoms with Crippen LogP contribution >= 0.6 is 34.4 Å². The van der Waals surface area contributed by atoms with Gasteiger partial charge in [0.25, 0.3) is 0 Å². The number of Topliss-reactive ketones (excluding diaryl/α,β-unsaturated/α-hetero) is 1. The number of rotatable bonds is 1. The number of thioether (sulfide) groups is 1. The second-order valence-electron chi connectivity index (χ2n) is 5.48. The van der Waals surface area contributed by atoms with Gasteiger partial charge in [-0.1, -0.05) is 6.07 Å². The smallest absolute Gasteiger partial charge is 0.187 e. The second kappa shape index (κ2) is 5.65. The SMILES string of the molecule is O=C1COCC2=C1C(c1ccc(F)c(I)c1)C1=C(CCS1)N2. The van der Waals surface area contributed by atoms with E-state index in [2.05, 4.69) is 5.32 Å². The summed E-state index contributed by atoms with van der Waals surface area (Å²) in [6, 6.07) is 5.14. The normalized spacial score (nSPS) is 24.3. The first-order valence-electron chi connectivity index (χ1n) is 7.07. The Hall–Kier alpha value is -0.860. The fourth-order valence-corrected chi connectivity index (χ4v) is 5.00. The van der Waals surface area contributed by atoms with Crippen LogP contribution < -0.4 is 5.32 Å². The van der Waals surface area contributed by atoms with Gasteiger partial charge in [0, 0.05) is 37.1 Å². The average Bonchev–Trinajstić information content (AvgIpc) is 2.96. The molecule has 0 saturated heterocycles. The van der Waals surface area contributed by atoms with Gasteiger partial charge in [0.2, 0.25) is 0 Å². The van der Waals surface area contributed by atoms with Crippen molar-refractivity contribution < 1.29 is 13.9 Å². The molecule has 1 aromatic carbocycles. The van der Waals surface area contributed by atoms with Crippen molar-refractivity contribution in [1.29, 1.82) is 0 Å². The number of hydrogen-bond acceptors (Lipinski definition) is 4. The lowest BCUT2D eigenvalue weighted by atomic mass is 9.83. The molecule has 0 radical (unpaired) electrons. The first-order valence-corrected chi connectivity index (χ1v) is 9.13. The second-order valence-corrected chi connectivity index (χ2v) is 7.78. The Bertz CT molecular complexity index is 744. The van der Waals surface area contributed by atoms with E-state index in [1.165, 1.54) is 16.7 Å². The zero-order valence-corrected chi connectivity index (χ0v) is 14.6. The lowest BCUT2D eigenvalue weighted by molar-refractivity contribution is -0.121. The van der Waals surface area contributed by atoms with Crippen LogP contribution in [0.15, 0.2) is 40.1 Å². The molecule has 4 rings (SSSR count). The minimum atomic E-state index is -0.223. The van der Waals surface area contributed by atoms with E-state index in [4.69, 9.17) is 4.74 Å². The monoisotopic (exact) mass is 429 g/mol. The molecular weight excluding hydrogens is 416 g/mol. The maximum Gasteiger partial charge on any atom is 0.187 e. The minimum absolute atomic E-state index is 0.0251. The van der Waals surface area contributed by atoms with Gasteiger partial charge in [-0.2, -0.15) is 0 Å². The number of benzene rings is 1. The molecule has 0 saturated carbocycles. The summed E-state index contributed by atoms with van der Waals surface area (Å²) in [5.74, 6) is 0.739. The van der Waals surface area contributed by atoms with Crippen molar-refractivity contribution >= 4 is 40.1 Å². The molecule has 1 atom stereocenters. The highest BCUT2D eigenvalue weighted by Crippen LogP contribution is 2.48. The van der Waals surface area contributed by atoms with Crippen LogP contribution in [0.1, 0.15) is 17.9 Å². The van der Waals surface area contributed by atoms with Crippen molar-refractivity contribution in [2.45, 2.75) is 12.3 Å². The molecule has 0 aliphatic carbocycles. The molecule has 0 aromatic heterocycles. The van der Waals surface area contributed by atoms with Crippen molar-refractivity contribution in [1.82, 2.24) is 5.32 Å². The van der Waals surface area contributed by atoms with Gasteiger partial charge in [0.15, 0.2) is 5.78 Å². The Kier molecular flexibility index (Phi) is 3.78. The van der Waals surface area contributed by atoms with Gasteiger partial charge in [-0.15, -0.1) is 11.8 Å². The van der Waals surface area contributed by atoms with Crippen molar-refractivity contribution in [2.75, 3.05) is 19.0 Å². The maximum atomic E-state index is 13.6. The van der Waals surface area contributed by atoms with Gasteiger partial charge in [-0.3, -0.25) is 4.79 Å². The topological polar surface area (TPSA) is 38.3 Å². The fraction of sp³-hybridized carbons (Fsp3) is 0.312. The summed E-state index contributed by atoms with van der Waals surface area (Å²) in [6.45, 7) is 0.569. The van der Waals surface area contributed by atoms with Crippen molar-refractivity contribution in [3.63, 3.8) is 0 Å². The van der Waals surface area contributed by atoms with Gasteiger partial charge >= 0.3 is 0 Å². The van der Waals surface area contributed by atoms with E-state index in [-0.39, 0.29) is 24.1 Å². The number of carbonyl (C=O) groups excluding carboxylic acids is 1. The van der Waals surface area contributed by atoms with E-state index < -0.39 is 0 Å². The molecule has 3 aliphatic rings. The Morgan fingerprint density at radius 2 is 2.18 bits per heavy atom. The van der Waals surface area contributed by atoms with Crippen LogP contribution in [0.2, 0.25) is 0 Å². The van der Waals surface area contributed by atoms with E-state index >= 15 is 0 Å². The van der Waals surface area contributed by atoms with Crippen molar-refractivity contribution in [3.05, 3.63) is 55.0 Å². The minimum Gasteiger partial charge on any atom is -0.367 e. The van der Waals surface area contributed by atoms with E-state index in [1.54, 1.807) is 17.8 Å². The van der Waals surface area contributed by atoms with Crippen LogP contribution in [-0.4, -0.2) is 24.7 Å². The quantitative estimate of drug-likeness (QED) is 0.696. The molecule has 1 N–H and O–H groups in total. The standard InChI is InChI=1S/C16H13FINO2S/c17-9-2-1-8(5-10(9)18)14-15-12(6-21-7-13(15)20)19-11-3-4-22-16(11)14/h1-2,5,14,19H,3-4,6-7H2. The lowest BCUT2D eigenvalue weighted by Gasteiger charge is -2.33. The highest BCUT2D eigenvalue weighted by atomic mass is 127. The molecule has 114 valence electrons. The molecule has 0 amide bonds. The number of carbonyl (C=O) groups is 1. The number of dihydropyridines is 1. The highest BCUT2D eigenvalue weighted by Gasteiger charge is 2.38. The molecule has 3 nitrogen and oxygen atoms in total. The predicted octanol–water partition coefficient (Wildman–Crippen LogP) is 3.32. The van der Waals surface area contributed by atoms with Crippen molar-refractivity contribution in [2.24, 2.45) is 0 Å². The van der Waals surface area contributed by atoms with Gasteiger partial charge in [-0.05, 0) is 46.7 Å². The number of nitrogens with one attached hydrogen (secondary N) is 1. The van der Waals surface area contributed by atoms with Crippen LogP contribution in [0.4, 0.5) is 4.39 Å². The maximum absolute atomic E-state index is 13.6. The molecule has 3 heterocycles. The summed E-state index contributed by atoms with van der Waals surface area (Å²) in [4.78, 5) is 13.6. The summed E-state index contributed by atoms with van der Waals surface area (Å²) in [6.07, 6.45) is 0.972. The number of hydrogen-bond donors (Lipinski definition) is 1. The Balaban J connectivity index is 1.87. The average molecular weight is 429 g/mol. The van der Waals surface area contributed by atoms with Crippen LogP contribution in [-0.2, 0) is 9.53 Å². The third-order valence-corrected chi connectivity index (χ3v) is 6.17. The molecule has 0 bridgehead atoms. The Labute approximate surface area is 145 Å². The van der Waals surface area contributed by atoms with Gasteiger partial charge in [0.1, 0.15) is 12.4 Å². The largest absolute Gasteiger partial charge is 0.367 e. The number of allylic oxidation sites excluding steroid dienone is 2. The van der Waals surface area contributed by atoms with E-state index in [0.717, 1.165) is 29.0 Å². The Morgan fingerprint density at radius 3 is 3.00 bits per heavy atom. The van der Waals surface area contributed by atoms with E-state index in [1.807, 2.05) is 28.7 Å². The molecular formula is C16H13FINO2S. The first-order chi connectivity index (χ1) is 10.6. The fourth-order valence-electron chi connectivity index (χ4n) is 3.19. The Morgan fingerprint density at radius 1 is 1.32 bits per heavy atom. The molecule has 6 heteroatoms. The third kappa shape index (κ3) is 2.32. The molecule has 1 unspecified atom stereocenters. The molecule has 22 heavy (non-hydrogen) atoms. The number of ether oxygens (including phenoxy) is 1. The summed E-state index contributed by atoms with van der Waals surface area (Å²) in [7, 11) is 0. The summed E-state index contributed by atoms with van der Waals surface area (Å²) in [5, 5.41) is 3.39. The van der Waals surface area contributed by atoms with Crippen LogP contribution in [0, 0.1) is 9.39 Å². The number of halogens is 2. The zero-order valence-electron chi connectivity index (χ0n) is 11.6. The van der Waals surface area contributed by atoms with Crippen molar-refractivity contribution in [3.8, 4) is 0 Å². The van der Waals surface area contributed by atoms with Crippen LogP contribution in [0.5, 0.6) is 0 Å². The summed E-state index contributed by atoms with van der Waals surface area (Å²) < 4.78 is 19.6.